The van der Waals surface area contributed by atoms with Crippen molar-refractivity contribution in [2.24, 2.45) is 0 Å². The minimum Gasteiger partial charge on any atom is -0.487 e. The molecule has 0 saturated heterocycles. The van der Waals surface area contributed by atoms with Crippen LogP contribution in [-0.4, -0.2) is 11.7 Å². The molecule has 0 aromatic heterocycles. The predicted molar refractivity (Wildman–Crippen MR) is 63.2 cm³/mol. The van der Waals surface area contributed by atoms with E-state index in [2.05, 4.69) is 0 Å². The summed E-state index contributed by atoms with van der Waals surface area (Å²) in [5, 5.41) is 9.70. The highest BCUT2D eigenvalue weighted by Crippen LogP contribution is 2.22. The van der Waals surface area contributed by atoms with Crippen LogP contribution in [0.1, 0.15) is 11.7 Å². The number of rotatable bonds is 4. The fourth-order valence-corrected chi connectivity index (χ4v) is 1.62. The largest absolute Gasteiger partial charge is 0.487 e. The number of halogens is 4. The van der Waals surface area contributed by atoms with E-state index in [4.69, 9.17) is 4.74 Å². The molecule has 0 radical (unpaired) electrons. The van der Waals surface area contributed by atoms with Gasteiger partial charge in [-0.2, -0.15) is 0 Å². The summed E-state index contributed by atoms with van der Waals surface area (Å²) >= 11 is 0. The van der Waals surface area contributed by atoms with Gasteiger partial charge in [0.1, 0.15) is 30.2 Å². The zero-order valence-corrected chi connectivity index (χ0v) is 10.1. The summed E-state index contributed by atoms with van der Waals surface area (Å²) in [6, 6.07) is 5.24. The van der Waals surface area contributed by atoms with Gasteiger partial charge in [0.05, 0.1) is 0 Å². The third kappa shape index (κ3) is 3.27. The smallest absolute Gasteiger partial charge is 0.167 e. The maximum atomic E-state index is 13.4. The number of ether oxygens (including phenoxy) is 1. The van der Waals surface area contributed by atoms with Gasteiger partial charge in [0.15, 0.2) is 11.6 Å². The third-order valence-corrected chi connectivity index (χ3v) is 2.61. The Hall–Kier alpha value is -2.08. The second-order valence-corrected chi connectivity index (χ2v) is 4.07. The quantitative estimate of drug-likeness (QED) is 0.873. The second-order valence-electron chi connectivity index (χ2n) is 4.07. The van der Waals surface area contributed by atoms with Crippen molar-refractivity contribution >= 4 is 0 Å². The molecule has 0 fully saturated rings. The molecule has 0 bridgehead atoms. The molecule has 1 atom stereocenters. The summed E-state index contributed by atoms with van der Waals surface area (Å²) in [6.07, 6.45) is -1.48. The standard InChI is InChI=1S/C14H10F4O2/c15-8-1-3-11(17)10(5-8)13(19)7-20-14-4-2-9(16)6-12(14)18/h1-6,13,19H,7H2. The van der Waals surface area contributed by atoms with Crippen LogP contribution in [0.5, 0.6) is 5.75 Å². The Labute approximate surface area is 112 Å². The fraction of sp³-hybridized carbons (Fsp3) is 0.143. The van der Waals surface area contributed by atoms with Gasteiger partial charge in [-0.25, -0.2) is 17.6 Å². The number of aliphatic hydroxyl groups is 1. The molecule has 2 nitrogen and oxygen atoms in total. The van der Waals surface area contributed by atoms with Crippen LogP contribution in [0.2, 0.25) is 0 Å². The molecule has 0 aliphatic rings. The van der Waals surface area contributed by atoms with Gasteiger partial charge in [-0.05, 0) is 30.3 Å². The zero-order valence-electron chi connectivity index (χ0n) is 10.1. The highest BCUT2D eigenvalue weighted by Gasteiger charge is 2.15. The number of aliphatic hydroxyl groups excluding tert-OH is 1. The Morgan fingerprint density at radius 3 is 2.25 bits per heavy atom. The van der Waals surface area contributed by atoms with Gasteiger partial charge < -0.3 is 9.84 Å². The lowest BCUT2D eigenvalue weighted by Crippen LogP contribution is -2.12. The van der Waals surface area contributed by atoms with Crippen molar-refractivity contribution in [3.63, 3.8) is 0 Å². The van der Waals surface area contributed by atoms with Crippen LogP contribution >= 0.6 is 0 Å². The van der Waals surface area contributed by atoms with E-state index in [0.717, 1.165) is 30.3 Å². The van der Waals surface area contributed by atoms with Crippen molar-refractivity contribution in [1.29, 1.82) is 0 Å². The summed E-state index contributed by atoms with van der Waals surface area (Å²) in [5.74, 6) is -3.53. The molecule has 0 aliphatic heterocycles. The van der Waals surface area contributed by atoms with E-state index < -0.39 is 36.0 Å². The van der Waals surface area contributed by atoms with E-state index in [0.29, 0.717) is 6.07 Å². The highest BCUT2D eigenvalue weighted by atomic mass is 19.1. The third-order valence-electron chi connectivity index (χ3n) is 2.61. The molecule has 1 N–H and O–H groups in total. The van der Waals surface area contributed by atoms with Gasteiger partial charge in [0, 0.05) is 11.6 Å². The van der Waals surface area contributed by atoms with Crippen LogP contribution in [0.3, 0.4) is 0 Å². The Morgan fingerprint density at radius 2 is 1.55 bits per heavy atom. The minimum absolute atomic E-state index is 0.290. The van der Waals surface area contributed by atoms with Gasteiger partial charge in [0.25, 0.3) is 0 Å². The Balaban J connectivity index is 2.08. The molecule has 0 spiro atoms. The molecular weight excluding hydrogens is 276 g/mol. The lowest BCUT2D eigenvalue weighted by atomic mass is 10.1. The Bertz CT molecular complexity index is 616. The van der Waals surface area contributed by atoms with Crippen LogP contribution < -0.4 is 4.74 Å². The van der Waals surface area contributed by atoms with Crippen LogP contribution in [0.25, 0.3) is 0 Å². The summed E-state index contributed by atoms with van der Waals surface area (Å²) < 4.78 is 57.2. The van der Waals surface area contributed by atoms with E-state index in [9.17, 15) is 22.7 Å². The van der Waals surface area contributed by atoms with Gasteiger partial charge in [0.2, 0.25) is 0 Å². The Morgan fingerprint density at radius 1 is 0.900 bits per heavy atom. The number of benzene rings is 2. The van der Waals surface area contributed by atoms with Crippen LogP contribution in [0.15, 0.2) is 36.4 Å². The fourth-order valence-electron chi connectivity index (χ4n) is 1.62. The van der Waals surface area contributed by atoms with E-state index >= 15 is 0 Å². The summed E-state index contributed by atoms with van der Waals surface area (Å²) in [5.41, 5.74) is -0.299. The van der Waals surface area contributed by atoms with Crippen molar-refractivity contribution < 1.29 is 27.4 Å². The van der Waals surface area contributed by atoms with E-state index in [-0.39, 0.29) is 11.3 Å². The second kappa shape index (κ2) is 5.92. The summed E-state index contributed by atoms with van der Waals surface area (Å²) in [4.78, 5) is 0. The molecule has 0 saturated carbocycles. The normalized spacial score (nSPS) is 12.2. The van der Waals surface area contributed by atoms with Gasteiger partial charge in [-0.15, -0.1) is 0 Å². The van der Waals surface area contributed by atoms with Gasteiger partial charge >= 0.3 is 0 Å². The monoisotopic (exact) mass is 286 g/mol. The van der Waals surface area contributed by atoms with Crippen LogP contribution in [0, 0.1) is 23.3 Å². The zero-order chi connectivity index (χ0) is 14.7. The molecule has 20 heavy (non-hydrogen) atoms. The lowest BCUT2D eigenvalue weighted by molar-refractivity contribution is 0.102. The summed E-state index contributed by atoms with van der Waals surface area (Å²) in [6.45, 7) is -0.497. The molecular formula is C14H10F4O2. The maximum absolute atomic E-state index is 13.4. The molecule has 0 heterocycles. The van der Waals surface area contributed by atoms with Gasteiger partial charge in [-0.3, -0.25) is 0 Å². The first kappa shape index (κ1) is 14.3. The van der Waals surface area contributed by atoms with Crippen LogP contribution in [0.4, 0.5) is 17.6 Å². The van der Waals surface area contributed by atoms with Crippen molar-refractivity contribution in [2.45, 2.75) is 6.10 Å². The molecule has 0 amide bonds. The van der Waals surface area contributed by atoms with Crippen molar-refractivity contribution in [2.75, 3.05) is 6.61 Å². The van der Waals surface area contributed by atoms with Crippen molar-refractivity contribution in [1.82, 2.24) is 0 Å². The van der Waals surface area contributed by atoms with E-state index in [1.807, 2.05) is 0 Å². The lowest BCUT2D eigenvalue weighted by Gasteiger charge is -2.14. The average Bonchev–Trinajstić information content (AvgIpc) is 2.40. The van der Waals surface area contributed by atoms with E-state index in [1.165, 1.54) is 0 Å². The SMILES string of the molecule is OC(COc1ccc(F)cc1F)c1cc(F)ccc1F. The first-order valence-corrected chi connectivity index (χ1v) is 5.68. The molecule has 2 aromatic carbocycles. The first-order valence-electron chi connectivity index (χ1n) is 5.68. The molecule has 2 aromatic rings. The summed E-state index contributed by atoms with van der Waals surface area (Å²) in [7, 11) is 0. The number of hydrogen-bond acceptors (Lipinski definition) is 2. The van der Waals surface area contributed by atoms with Crippen LogP contribution in [-0.2, 0) is 0 Å². The molecule has 2 rings (SSSR count). The van der Waals surface area contributed by atoms with Crippen molar-refractivity contribution in [3.05, 3.63) is 65.2 Å². The molecule has 6 heteroatoms. The Kier molecular flexibility index (Phi) is 4.24. The number of hydrogen-bond donors (Lipinski definition) is 1. The minimum atomic E-state index is -1.48. The first-order chi connectivity index (χ1) is 9.47. The highest BCUT2D eigenvalue weighted by molar-refractivity contribution is 5.25. The van der Waals surface area contributed by atoms with Gasteiger partial charge in [-0.1, -0.05) is 0 Å². The molecule has 1 unspecified atom stereocenters. The molecule has 106 valence electrons. The predicted octanol–water partition coefficient (Wildman–Crippen LogP) is 3.36. The molecule has 0 aliphatic carbocycles. The van der Waals surface area contributed by atoms with Crippen molar-refractivity contribution in [3.8, 4) is 5.75 Å². The maximum Gasteiger partial charge on any atom is 0.167 e. The topological polar surface area (TPSA) is 29.5 Å². The van der Waals surface area contributed by atoms with E-state index in [1.54, 1.807) is 0 Å². The average molecular weight is 286 g/mol.